The molecule has 1 atom stereocenters. The molecule has 4 rings (SSSR count). The lowest BCUT2D eigenvalue weighted by Gasteiger charge is -2.18. The maximum atomic E-state index is 9.88. The van der Waals surface area contributed by atoms with E-state index in [1.165, 1.54) is 0 Å². The van der Waals surface area contributed by atoms with Gasteiger partial charge in [-0.2, -0.15) is 5.10 Å². The second-order valence-electron chi connectivity index (χ2n) is 6.36. The van der Waals surface area contributed by atoms with E-state index in [0.29, 0.717) is 18.1 Å². The highest BCUT2D eigenvalue weighted by molar-refractivity contribution is 5.88. The fourth-order valence-corrected chi connectivity index (χ4v) is 3.01. The molecule has 0 spiro atoms. The van der Waals surface area contributed by atoms with Crippen LogP contribution < -0.4 is 5.32 Å². The summed E-state index contributed by atoms with van der Waals surface area (Å²) in [7, 11) is 1.85. The SMILES string of the molecule is Cn1ncc2c(N[C@@H](CO)Cc3ccccc3)nc(-c3cccnc3)nc21. The first kappa shape index (κ1) is 17.1. The van der Waals surface area contributed by atoms with Crippen LogP contribution in [0.1, 0.15) is 5.56 Å². The molecule has 136 valence electrons. The number of hydrogen-bond donors (Lipinski definition) is 2. The van der Waals surface area contributed by atoms with Crippen molar-refractivity contribution in [3.05, 3.63) is 66.6 Å². The molecule has 7 heteroatoms. The molecule has 0 fully saturated rings. The predicted molar refractivity (Wildman–Crippen MR) is 104 cm³/mol. The zero-order chi connectivity index (χ0) is 18.6. The Kier molecular flexibility index (Phi) is 4.76. The molecule has 1 aromatic carbocycles. The molecule has 0 aliphatic carbocycles. The van der Waals surface area contributed by atoms with Crippen molar-refractivity contribution >= 4 is 16.9 Å². The molecule has 0 aliphatic heterocycles. The number of benzene rings is 1. The molecule has 2 N–H and O–H groups in total. The van der Waals surface area contributed by atoms with Crippen molar-refractivity contribution in [2.45, 2.75) is 12.5 Å². The smallest absolute Gasteiger partial charge is 0.165 e. The number of aliphatic hydroxyl groups is 1. The van der Waals surface area contributed by atoms with E-state index in [-0.39, 0.29) is 12.6 Å². The van der Waals surface area contributed by atoms with Crippen molar-refractivity contribution in [2.24, 2.45) is 7.05 Å². The van der Waals surface area contributed by atoms with Gasteiger partial charge in [-0.15, -0.1) is 0 Å². The Morgan fingerprint density at radius 2 is 1.93 bits per heavy atom. The van der Waals surface area contributed by atoms with Crippen LogP contribution in [0.25, 0.3) is 22.4 Å². The average molecular weight is 360 g/mol. The number of rotatable bonds is 6. The number of nitrogens with one attached hydrogen (secondary N) is 1. The number of aliphatic hydroxyl groups excluding tert-OH is 1. The highest BCUT2D eigenvalue weighted by Crippen LogP contribution is 2.25. The molecule has 27 heavy (non-hydrogen) atoms. The number of pyridine rings is 1. The summed E-state index contributed by atoms with van der Waals surface area (Å²) in [6, 6.07) is 13.7. The standard InChI is InChI=1S/C20H20N6O/c1-26-20-17(12-22-26)19(24-18(25-20)15-8-5-9-21-11-15)23-16(13-27)10-14-6-3-2-4-7-14/h2-9,11-12,16,27H,10,13H2,1H3,(H,23,24,25)/t16-/m1/s1. The molecule has 0 bridgehead atoms. The molecule has 0 saturated carbocycles. The summed E-state index contributed by atoms with van der Waals surface area (Å²) in [5, 5.41) is 18.4. The van der Waals surface area contributed by atoms with E-state index in [2.05, 4.69) is 25.4 Å². The summed E-state index contributed by atoms with van der Waals surface area (Å²) in [6.45, 7) is -0.0110. The molecule has 3 heterocycles. The number of nitrogens with zero attached hydrogens (tertiary/aromatic N) is 5. The Morgan fingerprint density at radius 1 is 1.07 bits per heavy atom. The molecule has 0 radical (unpaired) electrons. The normalized spacial score (nSPS) is 12.2. The van der Waals surface area contributed by atoms with Crippen LogP contribution in [0.5, 0.6) is 0 Å². The Morgan fingerprint density at radius 3 is 2.67 bits per heavy atom. The molecular weight excluding hydrogens is 340 g/mol. The monoisotopic (exact) mass is 360 g/mol. The van der Waals surface area contributed by atoms with Crippen LogP contribution in [-0.2, 0) is 13.5 Å². The summed E-state index contributed by atoms with van der Waals surface area (Å²) >= 11 is 0. The summed E-state index contributed by atoms with van der Waals surface area (Å²) in [5.41, 5.74) is 2.70. The zero-order valence-electron chi connectivity index (χ0n) is 14.9. The van der Waals surface area contributed by atoms with Crippen molar-refractivity contribution < 1.29 is 5.11 Å². The van der Waals surface area contributed by atoms with E-state index in [1.807, 2.05) is 49.5 Å². The van der Waals surface area contributed by atoms with Gasteiger partial charge >= 0.3 is 0 Å². The third-order valence-electron chi connectivity index (χ3n) is 4.40. The van der Waals surface area contributed by atoms with Gasteiger partial charge in [0.2, 0.25) is 0 Å². The summed E-state index contributed by atoms with van der Waals surface area (Å²) < 4.78 is 1.72. The second kappa shape index (κ2) is 7.51. The molecular formula is C20H20N6O. The van der Waals surface area contributed by atoms with E-state index < -0.39 is 0 Å². The largest absolute Gasteiger partial charge is 0.394 e. The fourth-order valence-electron chi connectivity index (χ4n) is 3.01. The van der Waals surface area contributed by atoms with Crippen LogP contribution in [0.3, 0.4) is 0 Å². The lowest BCUT2D eigenvalue weighted by molar-refractivity contribution is 0.273. The maximum Gasteiger partial charge on any atom is 0.165 e. The topological polar surface area (TPSA) is 88.8 Å². The molecule has 0 amide bonds. The quantitative estimate of drug-likeness (QED) is 0.549. The lowest BCUT2D eigenvalue weighted by Crippen LogP contribution is -2.27. The minimum Gasteiger partial charge on any atom is -0.394 e. The van der Waals surface area contributed by atoms with E-state index in [0.717, 1.165) is 22.2 Å². The minimum absolute atomic E-state index is 0.0110. The predicted octanol–water partition coefficient (Wildman–Crippen LogP) is 2.44. The molecule has 0 aliphatic rings. The van der Waals surface area contributed by atoms with Crippen molar-refractivity contribution in [1.29, 1.82) is 0 Å². The highest BCUT2D eigenvalue weighted by Gasteiger charge is 2.16. The Hall–Kier alpha value is -3.32. The van der Waals surface area contributed by atoms with Gasteiger partial charge in [0.05, 0.1) is 24.2 Å². The van der Waals surface area contributed by atoms with Gasteiger partial charge in [-0.3, -0.25) is 9.67 Å². The van der Waals surface area contributed by atoms with Crippen LogP contribution >= 0.6 is 0 Å². The first-order valence-corrected chi connectivity index (χ1v) is 8.76. The number of anilines is 1. The van der Waals surface area contributed by atoms with E-state index >= 15 is 0 Å². The van der Waals surface area contributed by atoms with Crippen LogP contribution in [0.15, 0.2) is 61.1 Å². The van der Waals surface area contributed by atoms with Crippen molar-refractivity contribution in [2.75, 3.05) is 11.9 Å². The third kappa shape index (κ3) is 3.63. The number of aryl methyl sites for hydroxylation is 1. The average Bonchev–Trinajstić information content (AvgIpc) is 3.10. The van der Waals surface area contributed by atoms with Gasteiger partial charge in [0.15, 0.2) is 11.5 Å². The van der Waals surface area contributed by atoms with Gasteiger partial charge in [0, 0.05) is 25.0 Å². The van der Waals surface area contributed by atoms with Gasteiger partial charge in [-0.1, -0.05) is 30.3 Å². The van der Waals surface area contributed by atoms with Gasteiger partial charge in [0.25, 0.3) is 0 Å². The Bertz CT molecular complexity index is 1030. The van der Waals surface area contributed by atoms with Crippen LogP contribution in [0, 0.1) is 0 Å². The molecule has 4 aromatic rings. The fraction of sp³-hybridized carbons (Fsp3) is 0.200. The zero-order valence-corrected chi connectivity index (χ0v) is 14.9. The lowest BCUT2D eigenvalue weighted by atomic mass is 10.1. The Labute approximate surface area is 156 Å². The van der Waals surface area contributed by atoms with Crippen LogP contribution in [-0.4, -0.2) is 42.5 Å². The van der Waals surface area contributed by atoms with Crippen molar-refractivity contribution in [1.82, 2.24) is 24.7 Å². The van der Waals surface area contributed by atoms with E-state index in [1.54, 1.807) is 23.3 Å². The van der Waals surface area contributed by atoms with Gasteiger partial charge in [-0.25, -0.2) is 9.97 Å². The van der Waals surface area contributed by atoms with Gasteiger partial charge in [-0.05, 0) is 24.1 Å². The molecule has 7 nitrogen and oxygen atoms in total. The molecule has 0 unspecified atom stereocenters. The maximum absolute atomic E-state index is 9.88. The van der Waals surface area contributed by atoms with Gasteiger partial charge < -0.3 is 10.4 Å². The van der Waals surface area contributed by atoms with Gasteiger partial charge in [0.1, 0.15) is 5.82 Å². The molecule has 3 aromatic heterocycles. The summed E-state index contributed by atoms with van der Waals surface area (Å²) in [5.74, 6) is 1.22. The first-order valence-electron chi connectivity index (χ1n) is 8.76. The summed E-state index contributed by atoms with van der Waals surface area (Å²) in [4.78, 5) is 13.5. The number of hydrogen-bond acceptors (Lipinski definition) is 6. The van der Waals surface area contributed by atoms with E-state index in [4.69, 9.17) is 0 Å². The first-order chi connectivity index (χ1) is 13.2. The van der Waals surface area contributed by atoms with Crippen molar-refractivity contribution in [3.8, 4) is 11.4 Å². The molecule has 0 saturated heterocycles. The van der Waals surface area contributed by atoms with Crippen LogP contribution in [0.4, 0.5) is 5.82 Å². The minimum atomic E-state index is -0.174. The number of aromatic nitrogens is 5. The Balaban J connectivity index is 1.71. The van der Waals surface area contributed by atoms with E-state index in [9.17, 15) is 5.11 Å². The number of fused-ring (bicyclic) bond motifs is 1. The van der Waals surface area contributed by atoms with Crippen LogP contribution in [0.2, 0.25) is 0 Å². The third-order valence-corrected chi connectivity index (χ3v) is 4.40. The summed E-state index contributed by atoms with van der Waals surface area (Å²) in [6.07, 6.45) is 5.87. The highest BCUT2D eigenvalue weighted by atomic mass is 16.3. The second-order valence-corrected chi connectivity index (χ2v) is 6.36. The van der Waals surface area contributed by atoms with Crippen molar-refractivity contribution in [3.63, 3.8) is 0 Å².